The van der Waals surface area contributed by atoms with Crippen molar-refractivity contribution in [3.05, 3.63) is 40.7 Å². The molecule has 1 spiro atoms. The maximum absolute atomic E-state index is 12.5. The van der Waals surface area contributed by atoms with Gasteiger partial charge in [-0.25, -0.2) is 4.85 Å². The Labute approximate surface area is 124 Å². The largest absolute Gasteiger partial charge is 0.349 e. The van der Waals surface area contributed by atoms with E-state index in [-0.39, 0.29) is 17.9 Å². The van der Waals surface area contributed by atoms with E-state index in [4.69, 9.17) is 11.3 Å². The first-order valence-electron chi connectivity index (χ1n) is 7.55. The topological polar surface area (TPSA) is 33.9 Å². The molecule has 4 nitrogen and oxygen atoms in total. The Morgan fingerprint density at radius 3 is 2.95 bits per heavy atom. The van der Waals surface area contributed by atoms with Gasteiger partial charge in [0.05, 0.1) is 19.2 Å². The minimum atomic E-state index is -0.595. The summed E-state index contributed by atoms with van der Waals surface area (Å²) in [5.41, 5.74) is 2.25. The van der Waals surface area contributed by atoms with Crippen LogP contribution in [-0.4, -0.2) is 23.5 Å². The quantitative estimate of drug-likeness (QED) is 0.742. The van der Waals surface area contributed by atoms with Gasteiger partial charge >= 0.3 is 0 Å². The molecule has 1 aliphatic carbocycles. The van der Waals surface area contributed by atoms with E-state index in [0.717, 1.165) is 17.5 Å². The van der Waals surface area contributed by atoms with Crippen molar-refractivity contribution in [3.8, 4) is 0 Å². The molecule has 2 saturated heterocycles. The van der Waals surface area contributed by atoms with Crippen LogP contribution in [0.2, 0.25) is 0 Å². The Bertz CT molecular complexity index is 676. The Morgan fingerprint density at radius 1 is 1.43 bits per heavy atom. The van der Waals surface area contributed by atoms with Crippen LogP contribution in [0.4, 0.5) is 5.69 Å². The van der Waals surface area contributed by atoms with Crippen LogP contribution in [0, 0.1) is 18.4 Å². The first-order valence-corrected chi connectivity index (χ1v) is 7.55. The fourth-order valence-electron chi connectivity index (χ4n) is 4.34. The highest BCUT2D eigenvalue weighted by atomic mass is 16.5. The van der Waals surface area contributed by atoms with Crippen LogP contribution in [-0.2, 0) is 21.7 Å². The van der Waals surface area contributed by atoms with E-state index in [9.17, 15) is 4.79 Å². The zero-order valence-electron chi connectivity index (χ0n) is 12.3. The number of hydrogen-bond acceptors (Lipinski definition) is 2. The van der Waals surface area contributed by atoms with Crippen molar-refractivity contribution in [2.75, 3.05) is 6.61 Å². The number of nitrogens with zero attached hydrogens (tertiary/aromatic N) is 2. The molecule has 1 amide bonds. The summed E-state index contributed by atoms with van der Waals surface area (Å²) in [6.07, 6.45) is 1.32. The summed E-state index contributed by atoms with van der Waals surface area (Å²) in [4.78, 5) is 18.2. The maximum atomic E-state index is 12.5. The summed E-state index contributed by atoms with van der Waals surface area (Å²) in [6.45, 7) is 12.2. The second-order valence-corrected chi connectivity index (χ2v) is 6.60. The highest BCUT2D eigenvalue weighted by Gasteiger charge is 2.64. The lowest BCUT2D eigenvalue weighted by molar-refractivity contribution is -0.142. The van der Waals surface area contributed by atoms with E-state index in [1.807, 2.05) is 23.1 Å². The second-order valence-electron chi connectivity index (χ2n) is 6.60. The zero-order valence-corrected chi connectivity index (χ0v) is 12.3. The molecule has 0 radical (unpaired) electrons. The minimum absolute atomic E-state index is 0.144. The summed E-state index contributed by atoms with van der Waals surface area (Å²) < 4.78 is 6.26. The summed E-state index contributed by atoms with van der Waals surface area (Å²) in [7, 11) is 0. The van der Waals surface area contributed by atoms with E-state index >= 15 is 0 Å². The van der Waals surface area contributed by atoms with Crippen molar-refractivity contribution < 1.29 is 9.53 Å². The van der Waals surface area contributed by atoms with Crippen LogP contribution in [0.15, 0.2) is 18.2 Å². The molecular formula is C17H18N2O2. The molecule has 21 heavy (non-hydrogen) atoms. The molecule has 0 N–H and O–H groups in total. The van der Waals surface area contributed by atoms with Gasteiger partial charge in [-0.3, -0.25) is 4.79 Å². The van der Waals surface area contributed by atoms with Crippen molar-refractivity contribution in [2.24, 2.45) is 11.8 Å². The number of rotatable bonds is 1. The van der Waals surface area contributed by atoms with Gasteiger partial charge in [-0.15, -0.1) is 0 Å². The standard InChI is InChI=1S/C17H18N2O2/c1-10(2)15-9-21-17-11(8-16(20)19(15)17)7-12-13(17)5-4-6-14(12)18-3/h4-6,10-11,15H,7-9H2,1-2H3/t11-,15+,17-/m1/s1. The molecule has 3 aliphatic rings. The molecule has 2 heterocycles. The summed E-state index contributed by atoms with van der Waals surface area (Å²) in [5, 5.41) is 0. The molecule has 0 aromatic heterocycles. The van der Waals surface area contributed by atoms with Gasteiger partial charge in [0.1, 0.15) is 0 Å². The number of amides is 1. The maximum Gasteiger partial charge on any atom is 0.225 e. The molecule has 1 aromatic rings. The van der Waals surface area contributed by atoms with Crippen LogP contribution < -0.4 is 0 Å². The van der Waals surface area contributed by atoms with Crippen molar-refractivity contribution in [1.29, 1.82) is 0 Å². The van der Waals surface area contributed by atoms with Gasteiger partial charge in [-0.1, -0.05) is 32.0 Å². The smallest absolute Gasteiger partial charge is 0.225 e. The molecule has 1 aromatic carbocycles. The van der Waals surface area contributed by atoms with Crippen LogP contribution in [0.25, 0.3) is 4.85 Å². The molecule has 3 atom stereocenters. The molecular weight excluding hydrogens is 264 g/mol. The van der Waals surface area contributed by atoms with E-state index in [1.54, 1.807) is 0 Å². The van der Waals surface area contributed by atoms with Gasteiger partial charge in [0, 0.05) is 12.3 Å². The Morgan fingerprint density at radius 2 is 2.24 bits per heavy atom. The molecule has 2 aliphatic heterocycles. The Balaban J connectivity index is 1.91. The number of carbonyl (C=O) groups is 1. The first kappa shape index (κ1) is 12.8. The van der Waals surface area contributed by atoms with Gasteiger partial charge in [-0.2, -0.15) is 0 Å². The second kappa shape index (κ2) is 4.08. The number of fused-ring (bicyclic) bond motifs is 1. The van der Waals surface area contributed by atoms with Gasteiger partial charge < -0.3 is 9.64 Å². The number of ether oxygens (including phenoxy) is 1. The van der Waals surface area contributed by atoms with E-state index in [2.05, 4.69) is 18.7 Å². The number of benzene rings is 1. The van der Waals surface area contributed by atoms with Crippen LogP contribution in [0.5, 0.6) is 0 Å². The number of hydrogen-bond donors (Lipinski definition) is 0. The fourth-order valence-corrected chi connectivity index (χ4v) is 4.34. The van der Waals surface area contributed by atoms with Gasteiger partial charge in [0.25, 0.3) is 0 Å². The average Bonchev–Trinajstić information content (AvgIpc) is 3.07. The van der Waals surface area contributed by atoms with Crippen LogP contribution >= 0.6 is 0 Å². The highest BCUT2D eigenvalue weighted by molar-refractivity contribution is 5.83. The molecule has 4 heteroatoms. The number of carbonyl (C=O) groups excluding carboxylic acids is 1. The van der Waals surface area contributed by atoms with Gasteiger partial charge in [0.2, 0.25) is 5.91 Å². The normalized spacial score (nSPS) is 33.0. The summed E-state index contributed by atoms with van der Waals surface area (Å²) >= 11 is 0. The van der Waals surface area contributed by atoms with Crippen LogP contribution in [0.1, 0.15) is 31.4 Å². The molecule has 4 rings (SSSR count). The van der Waals surface area contributed by atoms with Crippen LogP contribution in [0.3, 0.4) is 0 Å². The predicted molar refractivity (Wildman–Crippen MR) is 77.6 cm³/mol. The van der Waals surface area contributed by atoms with Crippen molar-refractivity contribution >= 4 is 11.6 Å². The highest BCUT2D eigenvalue weighted by Crippen LogP contribution is 2.58. The lowest BCUT2D eigenvalue weighted by Gasteiger charge is -2.35. The SMILES string of the molecule is [C-]#[N+]c1cccc2c1C[C@@H]1CC(=O)N3[C@H](C(C)C)CO[C@@]213. The Hall–Kier alpha value is -1.86. The molecule has 0 unspecified atom stereocenters. The lowest BCUT2D eigenvalue weighted by atomic mass is 9.96. The van der Waals surface area contributed by atoms with Gasteiger partial charge in [-0.05, 0) is 23.5 Å². The lowest BCUT2D eigenvalue weighted by Crippen LogP contribution is -2.46. The molecule has 0 bridgehead atoms. The minimum Gasteiger partial charge on any atom is -0.349 e. The van der Waals surface area contributed by atoms with E-state index < -0.39 is 5.72 Å². The van der Waals surface area contributed by atoms with E-state index in [1.165, 1.54) is 0 Å². The fraction of sp³-hybridized carbons (Fsp3) is 0.529. The van der Waals surface area contributed by atoms with Gasteiger partial charge in [0.15, 0.2) is 11.4 Å². The average molecular weight is 282 g/mol. The molecule has 108 valence electrons. The third-order valence-corrected chi connectivity index (χ3v) is 5.28. The van der Waals surface area contributed by atoms with E-state index in [0.29, 0.717) is 24.6 Å². The molecule has 0 saturated carbocycles. The third kappa shape index (κ3) is 1.40. The van der Waals surface area contributed by atoms with Crippen molar-refractivity contribution in [2.45, 2.75) is 38.5 Å². The monoisotopic (exact) mass is 282 g/mol. The zero-order chi connectivity index (χ0) is 14.8. The predicted octanol–water partition coefficient (Wildman–Crippen LogP) is 2.85. The third-order valence-electron chi connectivity index (χ3n) is 5.28. The Kier molecular flexibility index (Phi) is 2.50. The molecule has 2 fully saturated rings. The van der Waals surface area contributed by atoms with Crippen molar-refractivity contribution in [1.82, 2.24) is 4.90 Å². The first-order chi connectivity index (χ1) is 10.1. The van der Waals surface area contributed by atoms with Crippen molar-refractivity contribution in [3.63, 3.8) is 0 Å². The summed E-state index contributed by atoms with van der Waals surface area (Å²) in [5.74, 6) is 0.738. The summed E-state index contributed by atoms with van der Waals surface area (Å²) in [6, 6.07) is 5.96.